The lowest BCUT2D eigenvalue weighted by molar-refractivity contribution is -0.115. The Labute approximate surface area is 172 Å². The highest BCUT2D eigenvalue weighted by atomic mass is 32.2. The fourth-order valence-electron chi connectivity index (χ4n) is 3.39. The fraction of sp³-hybridized carbons (Fsp3) is 0.333. The van der Waals surface area contributed by atoms with Crippen molar-refractivity contribution in [3.05, 3.63) is 65.2 Å². The van der Waals surface area contributed by atoms with Crippen LogP contribution < -0.4 is 5.32 Å². The molecular formula is C24H28N2OS. The molecule has 1 amide bonds. The quantitative estimate of drug-likeness (QED) is 0.488. The van der Waals surface area contributed by atoms with Crippen LogP contribution in [-0.2, 0) is 4.79 Å². The zero-order valence-electron chi connectivity index (χ0n) is 17.2. The molecule has 0 aliphatic heterocycles. The van der Waals surface area contributed by atoms with E-state index in [0.717, 1.165) is 33.8 Å². The van der Waals surface area contributed by atoms with Crippen LogP contribution in [0.3, 0.4) is 0 Å². The maximum absolute atomic E-state index is 13.0. The summed E-state index contributed by atoms with van der Waals surface area (Å²) in [7, 11) is 0. The van der Waals surface area contributed by atoms with Gasteiger partial charge >= 0.3 is 0 Å². The monoisotopic (exact) mass is 392 g/mol. The number of aromatic nitrogens is 1. The van der Waals surface area contributed by atoms with Crippen molar-refractivity contribution in [2.24, 2.45) is 0 Å². The summed E-state index contributed by atoms with van der Waals surface area (Å²) in [6, 6.07) is 16.4. The molecular weight excluding hydrogens is 364 g/mol. The molecule has 1 heterocycles. The summed E-state index contributed by atoms with van der Waals surface area (Å²) in [6.07, 6.45) is 0.743. The Kier molecular flexibility index (Phi) is 6.40. The van der Waals surface area contributed by atoms with Crippen molar-refractivity contribution in [1.82, 2.24) is 4.98 Å². The maximum Gasteiger partial charge on any atom is 0.237 e. The highest BCUT2D eigenvalue weighted by molar-refractivity contribution is 8.00. The number of pyridine rings is 1. The first-order valence-electron chi connectivity index (χ1n) is 9.84. The number of para-hydroxylation sites is 2. The summed E-state index contributed by atoms with van der Waals surface area (Å²) in [4.78, 5) is 17.8. The van der Waals surface area contributed by atoms with E-state index in [9.17, 15) is 4.79 Å². The van der Waals surface area contributed by atoms with Gasteiger partial charge in [0.2, 0.25) is 5.91 Å². The van der Waals surface area contributed by atoms with Crippen molar-refractivity contribution in [3.8, 4) is 0 Å². The summed E-state index contributed by atoms with van der Waals surface area (Å²) < 4.78 is 0. The molecule has 1 atom stereocenters. The van der Waals surface area contributed by atoms with Gasteiger partial charge in [-0.3, -0.25) is 4.79 Å². The Bertz CT molecular complexity index is 997. The predicted molar refractivity (Wildman–Crippen MR) is 120 cm³/mol. The van der Waals surface area contributed by atoms with Crippen molar-refractivity contribution in [2.75, 3.05) is 5.32 Å². The van der Waals surface area contributed by atoms with Gasteiger partial charge in [-0.15, -0.1) is 0 Å². The molecule has 3 aromatic rings. The molecule has 0 spiro atoms. The molecule has 0 aliphatic carbocycles. The molecule has 2 aromatic carbocycles. The number of thioether (sulfide) groups is 1. The molecule has 0 saturated carbocycles. The number of amides is 1. The first-order chi connectivity index (χ1) is 13.4. The number of hydrogen-bond acceptors (Lipinski definition) is 3. The lowest BCUT2D eigenvalue weighted by Gasteiger charge is -2.18. The molecule has 0 saturated heterocycles. The largest absolute Gasteiger partial charge is 0.325 e. The molecule has 0 bridgehead atoms. The molecule has 1 aromatic heterocycles. The van der Waals surface area contributed by atoms with E-state index in [1.165, 1.54) is 10.9 Å². The molecule has 146 valence electrons. The molecule has 0 fully saturated rings. The second kappa shape index (κ2) is 8.78. The molecule has 1 unspecified atom stereocenters. The van der Waals surface area contributed by atoms with Crippen LogP contribution in [0.15, 0.2) is 53.6 Å². The van der Waals surface area contributed by atoms with Gasteiger partial charge in [-0.25, -0.2) is 4.98 Å². The molecule has 3 rings (SSSR count). The van der Waals surface area contributed by atoms with E-state index in [1.807, 2.05) is 25.1 Å². The van der Waals surface area contributed by atoms with Crippen LogP contribution in [0, 0.1) is 13.8 Å². The Morgan fingerprint density at radius 1 is 1.07 bits per heavy atom. The van der Waals surface area contributed by atoms with Crippen LogP contribution in [0.1, 0.15) is 49.8 Å². The van der Waals surface area contributed by atoms with Crippen molar-refractivity contribution < 1.29 is 4.79 Å². The van der Waals surface area contributed by atoms with Gasteiger partial charge in [0, 0.05) is 11.1 Å². The topological polar surface area (TPSA) is 42.0 Å². The zero-order valence-corrected chi connectivity index (χ0v) is 18.1. The van der Waals surface area contributed by atoms with E-state index in [4.69, 9.17) is 4.98 Å². The Hall–Kier alpha value is -2.33. The minimum atomic E-state index is -0.186. The Morgan fingerprint density at radius 2 is 1.82 bits per heavy atom. The first kappa shape index (κ1) is 20.4. The molecule has 3 nitrogen and oxygen atoms in total. The van der Waals surface area contributed by atoms with Crippen LogP contribution in [-0.4, -0.2) is 16.1 Å². The number of anilines is 1. The van der Waals surface area contributed by atoms with Crippen LogP contribution in [0.25, 0.3) is 10.9 Å². The maximum atomic E-state index is 13.0. The molecule has 28 heavy (non-hydrogen) atoms. The molecule has 1 N–H and O–H groups in total. The second-order valence-electron chi connectivity index (χ2n) is 7.49. The van der Waals surface area contributed by atoms with Crippen molar-refractivity contribution >= 4 is 34.3 Å². The van der Waals surface area contributed by atoms with Crippen LogP contribution in [0.4, 0.5) is 5.69 Å². The normalized spacial score (nSPS) is 12.4. The minimum Gasteiger partial charge on any atom is -0.325 e. The van der Waals surface area contributed by atoms with Gasteiger partial charge in [-0.1, -0.05) is 68.9 Å². The summed E-state index contributed by atoms with van der Waals surface area (Å²) in [5.41, 5.74) is 5.43. The highest BCUT2D eigenvalue weighted by Crippen LogP contribution is 2.31. The lowest BCUT2D eigenvalue weighted by atomic mass is 10.0. The average molecular weight is 393 g/mol. The molecule has 0 aliphatic rings. The van der Waals surface area contributed by atoms with E-state index < -0.39 is 0 Å². The minimum absolute atomic E-state index is 0.0323. The number of nitrogens with zero attached hydrogens (tertiary/aromatic N) is 1. The summed E-state index contributed by atoms with van der Waals surface area (Å²) in [5, 5.41) is 5.03. The zero-order chi connectivity index (χ0) is 20.3. The van der Waals surface area contributed by atoms with Crippen molar-refractivity contribution in [1.29, 1.82) is 0 Å². The van der Waals surface area contributed by atoms with Crippen LogP contribution in [0.5, 0.6) is 0 Å². The summed E-state index contributed by atoms with van der Waals surface area (Å²) in [5.74, 6) is 0.391. The highest BCUT2D eigenvalue weighted by Gasteiger charge is 2.21. The Balaban J connectivity index is 1.84. The van der Waals surface area contributed by atoms with Gasteiger partial charge in [0.05, 0.1) is 15.8 Å². The van der Waals surface area contributed by atoms with Gasteiger partial charge in [-0.05, 0) is 55.0 Å². The number of carbonyl (C=O) groups excluding carboxylic acids is 1. The average Bonchev–Trinajstić information content (AvgIpc) is 2.67. The second-order valence-corrected chi connectivity index (χ2v) is 8.72. The number of carbonyl (C=O) groups is 1. The van der Waals surface area contributed by atoms with Gasteiger partial charge in [0.15, 0.2) is 0 Å². The SMILES string of the molecule is CCC(Sc1cc(C)c2cccc(C)c2n1)C(=O)Nc1ccccc1C(C)C. The van der Waals surface area contributed by atoms with Gasteiger partial charge < -0.3 is 5.32 Å². The molecule has 4 heteroatoms. The smallest absolute Gasteiger partial charge is 0.237 e. The van der Waals surface area contributed by atoms with Crippen molar-refractivity contribution in [3.63, 3.8) is 0 Å². The predicted octanol–water partition coefficient (Wildman–Crippen LogP) is 6.48. The van der Waals surface area contributed by atoms with Gasteiger partial charge in [0.1, 0.15) is 0 Å². The number of aryl methyl sites for hydroxylation is 2. The third-order valence-corrected chi connectivity index (χ3v) is 6.27. The van der Waals surface area contributed by atoms with Crippen LogP contribution in [0.2, 0.25) is 0 Å². The number of rotatable bonds is 6. The first-order valence-corrected chi connectivity index (χ1v) is 10.7. The van der Waals surface area contributed by atoms with E-state index in [1.54, 1.807) is 11.8 Å². The van der Waals surface area contributed by atoms with Gasteiger partial charge in [-0.2, -0.15) is 0 Å². The van der Waals surface area contributed by atoms with Gasteiger partial charge in [0.25, 0.3) is 0 Å². The summed E-state index contributed by atoms with van der Waals surface area (Å²) in [6.45, 7) is 10.5. The van der Waals surface area contributed by atoms with Crippen molar-refractivity contribution in [2.45, 2.75) is 57.2 Å². The van der Waals surface area contributed by atoms with E-state index in [2.05, 4.69) is 63.3 Å². The van der Waals surface area contributed by atoms with E-state index in [-0.39, 0.29) is 11.2 Å². The third kappa shape index (κ3) is 4.39. The lowest BCUT2D eigenvalue weighted by Crippen LogP contribution is -2.25. The number of nitrogens with one attached hydrogen (secondary N) is 1. The number of fused-ring (bicyclic) bond motifs is 1. The number of hydrogen-bond donors (Lipinski definition) is 1. The number of benzene rings is 2. The van der Waals surface area contributed by atoms with Crippen LogP contribution >= 0.6 is 11.8 Å². The fourth-order valence-corrected chi connectivity index (χ4v) is 4.40. The van der Waals surface area contributed by atoms with E-state index >= 15 is 0 Å². The molecule has 0 radical (unpaired) electrons. The van der Waals surface area contributed by atoms with E-state index in [0.29, 0.717) is 5.92 Å². The standard InChI is InChI=1S/C24H28N2OS/c1-6-21(24(27)25-20-13-8-7-11-18(20)15(2)3)28-22-14-17(5)19-12-9-10-16(4)23(19)26-22/h7-15,21H,6H2,1-5H3,(H,25,27). The third-order valence-electron chi connectivity index (χ3n) is 4.99. The summed E-state index contributed by atoms with van der Waals surface area (Å²) >= 11 is 1.54. The Morgan fingerprint density at radius 3 is 2.54 bits per heavy atom.